The number of carbonyl (C=O) groups excluding carboxylic acids is 1. The van der Waals surface area contributed by atoms with Crippen LogP contribution in [-0.4, -0.2) is 20.6 Å². The third-order valence-electron chi connectivity index (χ3n) is 5.62. The van der Waals surface area contributed by atoms with Gasteiger partial charge in [-0.3, -0.25) is 9.36 Å². The normalized spacial score (nSPS) is 27.8. The van der Waals surface area contributed by atoms with E-state index in [1.807, 2.05) is 6.92 Å². The Morgan fingerprint density at radius 2 is 1.76 bits per heavy atom. The number of aromatic nitrogens is 1. The number of hydrogen-bond acceptors (Lipinski definition) is 3. The largest absolute Gasteiger partial charge is 0.494 e. The van der Waals surface area contributed by atoms with Gasteiger partial charge >= 0.3 is 6.18 Å². The molecule has 25 heavy (non-hydrogen) atoms. The molecule has 2 aromatic rings. The van der Waals surface area contributed by atoms with Crippen LogP contribution in [0.2, 0.25) is 0 Å². The molecule has 1 aromatic carbocycles. The summed E-state index contributed by atoms with van der Waals surface area (Å²) in [5.41, 5.74) is -1.62. The summed E-state index contributed by atoms with van der Waals surface area (Å²) in [6, 6.07) is 4.37. The van der Waals surface area contributed by atoms with Gasteiger partial charge in [0.2, 0.25) is 11.8 Å². The average molecular weight is 351 g/mol. The summed E-state index contributed by atoms with van der Waals surface area (Å²) in [6.07, 6.45) is -3.81. The highest BCUT2D eigenvalue weighted by molar-refractivity contribution is 5.98. The number of carbonyl (C=O) groups is 1. The quantitative estimate of drug-likeness (QED) is 0.821. The van der Waals surface area contributed by atoms with Crippen molar-refractivity contribution in [1.82, 2.24) is 4.57 Å². The van der Waals surface area contributed by atoms with E-state index >= 15 is 0 Å². The van der Waals surface area contributed by atoms with Gasteiger partial charge in [-0.25, -0.2) is 0 Å². The van der Waals surface area contributed by atoms with E-state index in [1.54, 1.807) is 6.92 Å². The van der Waals surface area contributed by atoms with E-state index < -0.39 is 22.6 Å². The molecule has 1 saturated carbocycles. The predicted octanol–water partition coefficient (Wildman–Crippen LogP) is 3.80. The monoisotopic (exact) mass is 351 g/mol. The van der Waals surface area contributed by atoms with Crippen molar-refractivity contribution in [1.29, 1.82) is 0 Å². The van der Waals surface area contributed by atoms with E-state index in [9.17, 15) is 28.2 Å². The Hall–Kier alpha value is -2.44. The minimum atomic E-state index is -4.54. The Morgan fingerprint density at radius 3 is 2.40 bits per heavy atom. The van der Waals surface area contributed by atoms with Crippen LogP contribution < -0.4 is 0 Å². The van der Waals surface area contributed by atoms with Gasteiger partial charge in [0.05, 0.1) is 16.7 Å². The summed E-state index contributed by atoms with van der Waals surface area (Å²) in [6.45, 7) is 3.54. The highest BCUT2D eigenvalue weighted by Gasteiger charge is 2.62. The van der Waals surface area contributed by atoms with E-state index in [0.29, 0.717) is 17.5 Å². The lowest BCUT2D eigenvalue weighted by Crippen LogP contribution is -2.27. The zero-order valence-corrected chi connectivity index (χ0v) is 13.6. The molecule has 2 bridgehead atoms. The lowest BCUT2D eigenvalue weighted by molar-refractivity contribution is -0.137. The van der Waals surface area contributed by atoms with Crippen molar-refractivity contribution in [2.75, 3.05) is 0 Å². The molecule has 0 spiro atoms. The minimum Gasteiger partial charge on any atom is -0.494 e. The standard InChI is InChI=1S/C18H16F3NO3/c1-16-7-11(23)17(2,8-16)13-12(16)14(24)22(15(13)25)10-5-3-4-9(6-10)18(19,20)21/h3-6,24-25H,7-8H2,1-2H3. The maximum absolute atomic E-state index is 13.0. The number of ketones is 1. The summed E-state index contributed by atoms with van der Waals surface area (Å²) in [4.78, 5) is 12.4. The first-order valence-electron chi connectivity index (χ1n) is 7.87. The van der Waals surface area contributed by atoms with Crippen molar-refractivity contribution in [3.05, 3.63) is 41.0 Å². The zero-order valence-electron chi connectivity index (χ0n) is 13.6. The molecular formula is C18H16F3NO3. The second kappa shape index (κ2) is 4.39. The summed E-state index contributed by atoms with van der Waals surface area (Å²) >= 11 is 0. The molecule has 2 N–H and O–H groups in total. The van der Waals surface area contributed by atoms with Gasteiger partial charge < -0.3 is 10.2 Å². The molecule has 1 fully saturated rings. The van der Waals surface area contributed by atoms with Gasteiger partial charge in [-0.05, 0) is 31.5 Å². The highest BCUT2D eigenvalue weighted by Crippen LogP contribution is 2.64. The number of Topliss-reactive ketones (excluding diaryl/α,β-unsaturated/α-hetero) is 1. The number of fused-ring (bicyclic) bond motifs is 5. The van der Waals surface area contributed by atoms with Crippen molar-refractivity contribution in [3.63, 3.8) is 0 Å². The minimum absolute atomic E-state index is 0.00160. The van der Waals surface area contributed by atoms with Gasteiger partial charge in [-0.15, -0.1) is 0 Å². The maximum atomic E-state index is 13.0. The Kier molecular flexibility index (Phi) is 2.82. The summed E-state index contributed by atoms with van der Waals surface area (Å²) in [5, 5.41) is 21.3. The van der Waals surface area contributed by atoms with Gasteiger partial charge in [0.15, 0.2) is 0 Å². The van der Waals surface area contributed by atoms with E-state index in [1.165, 1.54) is 12.1 Å². The number of benzene rings is 1. The fourth-order valence-corrected chi connectivity index (χ4v) is 4.60. The van der Waals surface area contributed by atoms with E-state index in [2.05, 4.69) is 0 Å². The molecule has 0 radical (unpaired) electrons. The van der Waals surface area contributed by atoms with Crippen LogP contribution in [0.3, 0.4) is 0 Å². The molecule has 132 valence electrons. The van der Waals surface area contributed by atoms with Gasteiger partial charge in [0.25, 0.3) is 0 Å². The fourth-order valence-electron chi connectivity index (χ4n) is 4.60. The fraction of sp³-hybridized carbons (Fsp3) is 0.389. The second-order valence-corrected chi connectivity index (χ2v) is 7.45. The van der Waals surface area contributed by atoms with Crippen LogP contribution in [0, 0.1) is 0 Å². The number of nitrogens with zero attached hydrogens (tertiary/aromatic N) is 1. The number of halogens is 3. The number of rotatable bonds is 1. The lowest BCUT2D eigenvalue weighted by Gasteiger charge is -2.22. The third kappa shape index (κ3) is 1.86. The predicted molar refractivity (Wildman–Crippen MR) is 83.0 cm³/mol. The lowest BCUT2D eigenvalue weighted by atomic mass is 9.79. The Labute approximate surface area is 141 Å². The van der Waals surface area contributed by atoms with Crippen LogP contribution in [0.1, 0.15) is 43.4 Å². The molecule has 1 aromatic heterocycles. The Balaban J connectivity index is 1.97. The zero-order chi connectivity index (χ0) is 18.4. The van der Waals surface area contributed by atoms with Crippen LogP contribution in [0.4, 0.5) is 13.2 Å². The topological polar surface area (TPSA) is 62.5 Å². The SMILES string of the molecule is CC12CC(=O)C(C)(C1)c1c2c(O)n(-c2cccc(C(F)(F)F)c2)c1O. The second-order valence-electron chi connectivity index (χ2n) is 7.45. The Morgan fingerprint density at radius 1 is 1.12 bits per heavy atom. The van der Waals surface area contributed by atoms with E-state index in [0.717, 1.165) is 16.7 Å². The van der Waals surface area contributed by atoms with Crippen molar-refractivity contribution in [2.24, 2.45) is 0 Å². The van der Waals surface area contributed by atoms with Crippen LogP contribution in [0.15, 0.2) is 24.3 Å². The molecule has 0 aliphatic heterocycles. The molecule has 7 heteroatoms. The molecule has 2 aliphatic carbocycles. The number of hydrogen-bond donors (Lipinski definition) is 2. The summed E-state index contributed by atoms with van der Waals surface area (Å²) < 4.78 is 39.9. The van der Waals surface area contributed by atoms with Gasteiger partial charge in [0.1, 0.15) is 5.78 Å². The molecule has 0 amide bonds. The highest BCUT2D eigenvalue weighted by atomic mass is 19.4. The number of aromatic hydroxyl groups is 2. The smallest absolute Gasteiger partial charge is 0.416 e. The van der Waals surface area contributed by atoms with Crippen LogP contribution in [0.25, 0.3) is 5.69 Å². The van der Waals surface area contributed by atoms with Crippen molar-refractivity contribution in [2.45, 2.75) is 43.7 Å². The van der Waals surface area contributed by atoms with Crippen molar-refractivity contribution < 1.29 is 28.2 Å². The average Bonchev–Trinajstić information content (AvgIpc) is 3.00. The molecule has 4 nitrogen and oxygen atoms in total. The number of alkyl halides is 3. The first-order chi connectivity index (χ1) is 11.5. The maximum Gasteiger partial charge on any atom is 0.416 e. The van der Waals surface area contributed by atoms with Gasteiger partial charge in [0, 0.05) is 23.0 Å². The van der Waals surface area contributed by atoms with Crippen molar-refractivity contribution >= 4 is 5.78 Å². The van der Waals surface area contributed by atoms with Gasteiger partial charge in [-0.1, -0.05) is 13.0 Å². The van der Waals surface area contributed by atoms with Crippen LogP contribution in [0.5, 0.6) is 11.8 Å². The van der Waals surface area contributed by atoms with Crippen LogP contribution >= 0.6 is 0 Å². The third-order valence-corrected chi connectivity index (χ3v) is 5.62. The van der Waals surface area contributed by atoms with Gasteiger partial charge in [-0.2, -0.15) is 13.2 Å². The van der Waals surface area contributed by atoms with E-state index in [-0.39, 0.29) is 29.7 Å². The summed E-state index contributed by atoms with van der Waals surface area (Å²) in [7, 11) is 0. The molecular weight excluding hydrogens is 335 g/mol. The molecule has 2 unspecified atom stereocenters. The first-order valence-corrected chi connectivity index (χ1v) is 7.87. The summed E-state index contributed by atoms with van der Waals surface area (Å²) in [5.74, 6) is -0.698. The molecule has 2 atom stereocenters. The molecule has 4 rings (SSSR count). The molecule has 1 heterocycles. The molecule has 2 aliphatic rings. The van der Waals surface area contributed by atoms with Crippen molar-refractivity contribution in [3.8, 4) is 17.4 Å². The molecule has 0 saturated heterocycles. The van der Waals surface area contributed by atoms with Crippen LogP contribution in [-0.2, 0) is 21.8 Å². The van der Waals surface area contributed by atoms with E-state index in [4.69, 9.17) is 0 Å². The first kappa shape index (κ1) is 16.1. The Bertz CT molecular complexity index is 930.